The molecule has 0 saturated carbocycles. The molecular formula is C21H22Cl2N4O3. The summed E-state index contributed by atoms with van der Waals surface area (Å²) in [6.45, 7) is 7.07. The Morgan fingerprint density at radius 1 is 1.27 bits per heavy atom. The molecule has 0 atom stereocenters. The first-order valence-corrected chi connectivity index (χ1v) is 10.1. The van der Waals surface area contributed by atoms with Crippen molar-refractivity contribution >= 4 is 34.9 Å². The van der Waals surface area contributed by atoms with Gasteiger partial charge in [0.15, 0.2) is 5.82 Å². The van der Waals surface area contributed by atoms with E-state index in [1.165, 1.54) is 12.3 Å². The van der Waals surface area contributed by atoms with Crippen LogP contribution >= 0.6 is 23.2 Å². The Hall–Kier alpha value is -2.77. The number of nitrogens with zero attached hydrogens (tertiary/aromatic N) is 2. The van der Waals surface area contributed by atoms with Crippen molar-refractivity contribution < 1.29 is 9.53 Å². The average Bonchev–Trinajstić information content (AvgIpc) is 3.02. The summed E-state index contributed by atoms with van der Waals surface area (Å²) in [6.07, 6.45) is 1.30. The van der Waals surface area contributed by atoms with Gasteiger partial charge in [0, 0.05) is 28.5 Å². The summed E-state index contributed by atoms with van der Waals surface area (Å²) < 4.78 is 7.66. The Morgan fingerprint density at radius 2 is 2.03 bits per heavy atom. The molecule has 1 aromatic carbocycles. The summed E-state index contributed by atoms with van der Waals surface area (Å²) >= 11 is 12.0. The van der Waals surface area contributed by atoms with Gasteiger partial charge in [0.25, 0.3) is 11.5 Å². The minimum absolute atomic E-state index is 0.0563. The molecule has 0 aliphatic rings. The van der Waals surface area contributed by atoms with Crippen molar-refractivity contribution in [3.63, 3.8) is 0 Å². The van der Waals surface area contributed by atoms with Gasteiger partial charge >= 0.3 is 0 Å². The molecule has 0 radical (unpaired) electrons. The van der Waals surface area contributed by atoms with Crippen molar-refractivity contribution in [2.75, 3.05) is 11.9 Å². The Kier molecular flexibility index (Phi) is 6.84. The summed E-state index contributed by atoms with van der Waals surface area (Å²) in [4.78, 5) is 26.2. The highest BCUT2D eigenvalue weighted by atomic mass is 35.5. The fraction of sp³-hybridized carbons (Fsp3) is 0.286. The number of aryl methyl sites for hydroxylation is 1. The van der Waals surface area contributed by atoms with Crippen molar-refractivity contribution in [1.82, 2.24) is 14.8 Å². The number of rotatable bonds is 7. The van der Waals surface area contributed by atoms with Crippen LogP contribution in [0.2, 0.25) is 10.0 Å². The minimum atomic E-state index is -0.453. The number of carbonyl (C=O) groups excluding carboxylic acids is 1. The predicted molar refractivity (Wildman–Crippen MR) is 118 cm³/mol. The van der Waals surface area contributed by atoms with Crippen LogP contribution in [0.1, 0.15) is 35.5 Å². The lowest BCUT2D eigenvalue weighted by Crippen LogP contribution is -2.16. The molecule has 158 valence electrons. The lowest BCUT2D eigenvalue weighted by atomic mass is 10.2. The van der Waals surface area contributed by atoms with E-state index in [4.69, 9.17) is 27.9 Å². The van der Waals surface area contributed by atoms with Crippen LogP contribution in [0.5, 0.6) is 5.75 Å². The number of halogens is 2. The van der Waals surface area contributed by atoms with Crippen LogP contribution < -0.4 is 15.6 Å². The van der Waals surface area contributed by atoms with Gasteiger partial charge < -0.3 is 15.0 Å². The zero-order chi connectivity index (χ0) is 21.8. The first-order valence-electron chi connectivity index (χ1n) is 9.38. The van der Waals surface area contributed by atoms with E-state index in [1.54, 1.807) is 16.8 Å². The standard InChI is InChI=1S/C21H22Cl2N4O3/c1-12(2)11-30-18-5-4-16(22)7-15(18)10-27-13(3)6-19(26-27)25-20(28)14-8-17(23)21(29)24-9-14/h4-9,12H,10-11H2,1-3H3,(H,24,29)(H,25,26,28). The number of aromatic nitrogens is 3. The maximum atomic E-state index is 12.4. The van der Waals surface area contributed by atoms with Crippen LogP contribution in [0.3, 0.4) is 0 Å². The van der Waals surface area contributed by atoms with Gasteiger partial charge in [-0.25, -0.2) is 0 Å². The summed E-state index contributed by atoms with van der Waals surface area (Å²) in [5.74, 6) is 1.09. The molecule has 3 rings (SSSR count). The van der Waals surface area contributed by atoms with Crippen molar-refractivity contribution in [2.45, 2.75) is 27.3 Å². The van der Waals surface area contributed by atoms with E-state index >= 15 is 0 Å². The van der Waals surface area contributed by atoms with Crippen molar-refractivity contribution in [2.24, 2.45) is 5.92 Å². The zero-order valence-electron chi connectivity index (χ0n) is 16.8. The summed E-state index contributed by atoms with van der Waals surface area (Å²) in [5.41, 5.74) is 1.51. The molecule has 2 heterocycles. The lowest BCUT2D eigenvalue weighted by molar-refractivity contribution is 0.102. The Bertz CT molecular complexity index is 1120. The van der Waals surface area contributed by atoms with Gasteiger partial charge in [0.05, 0.1) is 18.7 Å². The molecule has 3 aromatic rings. The Balaban J connectivity index is 1.78. The molecule has 2 N–H and O–H groups in total. The van der Waals surface area contributed by atoms with E-state index in [1.807, 2.05) is 19.1 Å². The van der Waals surface area contributed by atoms with Crippen LogP contribution in [0.25, 0.3) is 0 Å². The SMILES string of the molecule is Cc1cc(NC(=O)c2c[nH]c(=O)c(Cl)c2)nn1Cc1cc(Cl)ccc1OCC(C)C. The molecule has 0 unspecified atom stereocenters. The van der Waals surface area contributed by atoms with Gasteiger partial charge in [-0.05, 0) is 37.1 Å². The fourth-order valence-corrected chi connectivity index (χ4v) is 3.10. The second kappa shape index (κ2) is 9.36. The smallest absolute Gasteiger partial charge is 0.266 e. The first-order chi connectivity index (χ1) is 14.2. The van der Waals surface area contributed by atoms with E-state index in [9.17, 15) is 9.59 Å². The van der Waals surface area contributed by atoms with Crippen LogP contribution in [0.15, 0.2) is 41.3 Å². The molecule has 1 amide bonds. The highest BCUT2D eigenvalue weighted by molar-refractivity contribution is 6.31. The molecule has 0 spiro atoms. The number of hydrogen-bond acceptors (Lipinski definition) is 4. The van der Waals surface area contributed by atoms with Gasteiger partial charge in [-0.15, -0.1) is 0 Å². The van der Waals surface area contributed by atoms with Crippen LogP contribution in [-0.2, 0) is 6.54 Å². The van der Waals surface area contributed by atoms with E-state index in [-0.39, 0.29) is 10.6 Å². The third-order valence-electron chi connectivity index (χ3n) is 4.26. The summed E-state index contributed by atoms with van der Waals surface area (Å²) in [5, 5.41) is 7.72. The van der Waals surface area contributed by atoms with Gasteiger partial charge in [-0.3, -0.25) is 14.3 Å². The van der Waals surface area contributed by atoms with Crippen LogP contribution in [-0.4, -0.2) is 27.3 Å². The number of amides is 1. The van der Waals surface area contributed by atoms with Gasteiger partial charge in [0.2, 0.25) is 0 Å². The average molecular weight is 449 g/mol. The summed E-state index contributed by atoms with van der Waals surface area (Å²) in [6, 6.07) is 8.55. The van der Waals surface area contributed by atoms with Crippen molar-refractivity contribution in [1.29, 1.82) is 0 Å². The number of benzene rings is 1. The number of ether oxygens (including phenoxy) is 1. The third-order valence-corrected chi connectivity index (χ3v) is 4.77. The maximum Gasteiger partial charge on any atom is 0.266 e. The quantitative estimate of drug-likeness (QED) is 0.555. The Morgan fingerprint density at radius 3 is 2.73 bits per heavy atom. The summed E-state index contributed by atoms with van der Waals surface area (Å²) in [7, 11) is 0. The molecule has 30 heavy (non-hydrogen) atoms. The number of pyridine rings is 1. The molecule has 0 bridgehead atoms. The highest BCUT2D eigenvalue weighted by Crippen LogP contribution is 2.25. The largest absolute Gasteiger partial charge is 0.493 e. The van der Waals surface area contributed by atoms with Crippen LogP contribution in [0.4, 0.5) is 5.82 Å². The van der Waals surface area contributed by atoms with Crippen molar-refractivity contribution in [3.8, 4) is 5.75 Å². The molecule has 0 fully saturated rings. The third kappa shape index (κ3) is 5.43. The van der Waals surface area contributed by atoms with Crippen LogP contribution in [0, 0.1) is 12.8 Å². The number of H-pyrrole nitrogens is 1. The van der Waals surface area contributed by atoms with E-state index in [0.717, 1.165) is 17.0 Å². The van der Waals surface area contributed by atoms with Gasteiger partial charge in [-0.1, -0.05) is 37.0 Å². The predicted octanol–water partition coefficient (Wildman–Crippen LogP) is 4.52. The topological polar surface area (TPSA) is 89.0 Å². The normalized spacial score (nSPS) is 11.0. The lowest BCUT2D eigenvalue weighted by Gasteiger charge is -2.14. The molecule has 2 aromatic heterocycles. The number of anilines is 1. The molecule has 7 nitrogen and oxygen atoms in total. The molecule has 0 aliphatic heterocycles. The Labute approximate surface area is 184 Å². The zero-order valence-corrected chi connectivity index (χ0v) is 18.3. The van der Waals surface area contributed by atoms with E-state index < -0.39 is 11.5 Å². The number of nitrogens with one attached hydrogen (secondary N) is 2. The fourth-order valence-electron chi connectivity index (χ4n) is 2.74. The molecule has 0 aliphatic carbocycles. The highest BCUT2D eigenvalue weighted by Gasteiger charge is 2.14. The van der Waals surface area contributed by atoms with E-state index in [0.29, 0.717) is 29.9 Å². The number of aromatic amines is 1. The first kappa shape index (κ1) is 21.9. The number of carbonyl (C=O) groups is 1. The molecule has 9 heteroatoms. The second-order valence-electron chi connectivity index (χ2n) is 7.31. The second-order valence-corrected chi connectivity index (χ2v) is 8.15. The monoisotopic (exact) mass is 448 g/mol. The maximum absolute atomic E-state index is 12.4. The number of hydrogen-bond donors (Lipinski definition) is 2. The van der Waals surface area contributed by atoms with Crippen molar-refractivity contribution in [3.05, 3.63) is 73.7 Å². The minimum Gasteiger partial charge on any atom is -0.493 e. The van der Waals surface area contributed by atoms with Gasteiger partial charge in [-0.2, -0.15) is 5.10 Å². The van der Waals surface area contributed by atoms with Gasteiger partial charge in [0.1, 0.15) is 10.8 Å². The molecule has 0 saturated heterocycles. The van der Waals surface area contributed by atoms with E-state index in [2.05, 4.69) is 29.2 Å². The molecular weight excluding hydrogens is 427 g/mol.